The number of hydrogen-bond acceptors (Lipinski definition) is 7. The first-order chi connectivity index (χ1) is 12.3. The molecular weight excluding hydrogens is 344 g/mol. The van der Waals surface area contributed by atoms with Gasteiger partial charge >= 0.3 is 11.7 Å². The molecule has 0 fully saturated rings. The predicted molar refractivity (Wildman–Crippen MR) is 91.0 cm³/mol. The Morgan fingerprint density at radius 1 is 1.19 bits per heavy atom. The van der Waals surface area contributed by atoms with E-state index in [0.29, 0.717) is 11.3 Å². The van der Waals surface area contributed by atoms with Crippen molar-refractivity contribution in [2.45, 2.75) is 12.8 Å². The van der Waals surface area contributed by atoms with Crippen LogP contribution in [0.2, 0.25) is 0 Å². The number of aromatic amines is 2. The largest absolute Gasteiger partial charge is 0.466 e. The van der Waals surface area contributed by atoms with Gasteiger partial charge in [0.1, 0.15) is 5.82 Å². The van der Waals surface area contributed by atoms with Crippen molar-refractivity contribution < 1.29 is 14.5 Å². The fourth-order valence-corrected chi connectivity index (χ4v) is 2.99. The van der Waals surface area contributed by atoms with E-state index in [1.54, 1.807) is 6.92 Å². The van der Waals surface area contributed by atoms with Crippen molar-refractivity contribution in [3.63, 3.8) is 0 Å². The molecule has 1 aliphatic rings. The molecule has 10 heteroatoms. The third-order valence-electron chi connectivity index (χ3n) is 4.12. The lowest BCUT2D eigenvalue weighted by Gasteiger charge is -2.28. The molecule has 0 spiro atoms. The molecule has 1 aliphatic heterocycles. The molecule has 3 rings (SSSR count). The monoisotopic (exact) mass is 358 g/mol. The number of fused-ring (bicyclic) bond motifs is 1. The number of benzene rings is 1. The van der Waals surface area contributed by atoms with Crippen LogP contribution >= 0.6 is 0 Å². The maximum Gasteiger partial charge on any atom is 0.336 e. The Morgan fingerprint density at radius 3 is 2.42 bits per heavy atom. The second-order valence-electron chi connectivity index (χ2n) is 5.63. The minimum absolute atomic E-state index is 0.115. The van der Waals surface area contributed by atoms with Crippen LogP contribution in [0.25, 0.3) is 0 Å². The fourth-order valence-electron chi connectivity index (χ4n) is 2.99. The van der Waals surface area contributed by atoms with E-state index < -0.39 is 28.1 Å². The third kappa shape index (κ3) is 2.77. The van der Waals surface area contributed by atoms with Gasteiger partial charge in [0.2, 0.25) is 0 Å². The number of hydrogen-bond donors (Lipinski definition) is 3. The number of methoxy groups -OCH3 is 1. The molecule has 0 saturated carbocycles. The molecule has 0 radical (unpaired) electrons. The molecule has 1 aromatic heterocycles. The van der Waals surface area contributed by atoms with Gasteiger partial charge in [-0.25, -0.2) is 9.59 Å². The highest BCUT2D eigenvalue weighted by atomic mass is 16.6. The quantitative estimate of drug-likeness (QED) is 0.421. The molecule has 0 bridgehead atoms. The first-order valence-corrected chi connectivity index (χ1v) is 7.50. The number of non-ortho nitro benzene ring substituents is 1. The number of carbonyl (C=O) groups excluding carboxylic acids is 1. The molecule has 26 heavy (non-hydrogen) atoms. The number of nitro groups is 1. The Hall–Kier alpha value is -3.69. The van der Waals surface area contributed by atoms with Crippen LogP contribution in [0.1, 0.15) is 24.0 Å². The van der Waals surface area contributed by atoms with Gasteiger partial charge in [-0.3, -0.25) is 24.9 Å². The van der Waals surface area contributed by atoms with Crippen molar-refractivity contribution in [1.29, 1.82) is 0 Å². The highest BCUT2D eigenvalue weighted by molar-refractivity contribution is 5.94. The van der Waals surface area contributed by atoms with Gasteiger partial charge in [0, 0.05) is 17.8 Å². The number of ether oxygens (including phenoxy) is 1. The van der Waals surface area contributed by atoms with Crippen molar-refractivity contribution in [3.05, 3.63) is 77.6 Å². The van der Waals surface area contributed by atoms with E-state index in [4.69, 9.17) is 4.74 Å². The van der Waals surface area contributed by atoms with Crippen molar-refractivity contribution in [3.8, 4) is 0 Å². The molecule has 0 aliphatic carbocycles. The number of allylic oxidation sites excluding steroid dienone is 1. The number of nitrogens with one attached hydrogen (secondary N) is 3. The third-order valence-corrected chi connectivity index (χ3v) is 4.12. The van der Waals surface area contributed by atoms with Crippen molar-refractivity contribution in [2.24, 2.45) is 0 Å². The highest BCUT2D eigenvalue weighted by Gasteiger charge is 2.35. The Balaban J connectivity index is 2.27. The normalized spacial score (nSPS) is 15.8. The summed E-state index contributed by atoms with van der Waals surface area (Å²) in [5.41, 5.74) is -0.342. The number of nitrogens with zero attached hydrogens (tertiary/aromatic N) is 1. The lowest BCUT2D eigenvalue weighted by Crippen LogP contribution is -2.34. The summed E-state index contributed by atoms with van der Waals surface area (Å²) < 4.78 is 4.82. The van der Waals surface area contributed by atoms with E-state index in [2.05, 4.69) is 15.3 Å². The van der Waals surface area contributed by atoms with Crippen molar-refractivity contribution >= 4 is 17.5 Å². The zero-order chi connectivity index (χ0) is 19.0. The zero-order valence-electron chi connectivity index (χ0n) is 13.8. The average Bonchev–Trinajstić information content (AvgIpc) is 2.59. The molecule has 1 aromatic carbocycles. The highest BCUT2D eigenvalue weighted by Crippen LogP contribution is 2.39. The molecule has 1 atom stereocenters. The first-order valence-electron chi connectivity index (χ1n) is 7.50. The summed E-state index contributed by atoms with van der Waals surface area (Å²) >= 11 is 0. The summed E-state index contributed by atoms with van der Waals surface area (Å²) in [5, 5.41) is 13.7. The van der Waals surface area contributed by atoms with Gasteiger partial charge in [-0.05, 0) is 12.5 Å². The first kappa shape index (κ1) is 17.1. The second-order valence-corrected chi connectivity index (χ2v) is 5.63. The van der Waals surface area contributed by atoms with E-state index in [1.165, 1.54) is 31.4 Å². The Labute approximate surface area is 145 Å². The number of aromatic nitrogens is 2. The van der Waals surface area contributed by atoms with E-state index in [0.717, 1.165) is 0 Å². The van der Waals surface area contributed by atoms with Gasteiger partial charge in [-0.2, -0.15) is 0 Å². The summed E-state index contributed by atoms with van der Waals surface area (Å²) in [6.07, 6.45) is 0. The van der Waals surface area contributed by atoms with Crippen LogP contribution in [0.4, 0.5) is 11.5 Å². The molecule has 0 saturated heterocycles. The Bertz CT molecular complexity index is 1050. The fraction of sp³-hybridized carbons (Fsp3) is 0.188. The average molecular weight is 358 g/mol. The van der Waals surface area contributed by atoms with Crippen LogP contribution in [0.5, 0.6) is 0 Å². The maximum absolute atomic E-state index is 12.4. The standard InChI is InChI=1S/C16H14N4O6/c1-7-10(15(22)26-2)11(8-3-5-9(6-4-8)20(24)25)12-13(17-7)18-16(23)19-14(12)21/h3-6,11H,1-2H3,(H3,17,18,19,21,23)/t11-/m0/s1. The van der Waals surface area contributed by atoms with Gasteiger partial charge in [0.25, 0.3) is 11.2 Å². The van der Waals surface area contributed by atoms with E-state index in [-0.39, 0.29) is 22.6 Å². The van der Waals surface area contributed by atoms with Crippen LogP contribution in [0.3, 0.4) is 0 Å². The minimum Gasteiger partial charge on any atom is -0.466 e. The van der Waals surface area contributed by atoms with Crippen LogP contribution in [0.15, 0.2) is 45.1 Å². The van der Waals surface area contributed by atoms with E-state index in [1.807, 2.05) is 0 Å². The molecular formula is C16H14N4O6. The van der Waals surface area contributed by atoms with Gasteiger partial charge < -0.3 is 10.1 Å². The lowest BCUT2D eigenvalue weighted by molar-refractivity contribution is -0.384. The Morgan fingerprint density at radius 2 is 1.85 bits per heavy atom. The summed E-state index contributed by atoms with van der Waals surface area (Å²) in [6.45, 7) is 1.60. The van der Waals surface area contributed by atoms with Gasteiger partial charge in [-0.1, -0.05) is 12.1 Å². The zero-order valence-corrected chi connectivity index (χ0v) is 13.8. The SMILES string of the molecule is COC(=O)C1=C(C)Nc2[nH]c(=O)[nH]c(=O)c2[C@H]1c1ccc([N+](=O)[O-])cc1. The van der Waals surface area contributed by atoms with Crippen molar-refractivity contribution in [1.82, 2.24) is 9.97 Å². The summed E-state index contributed by atoms with van der Waals surface area (Å²) in [5.74, 6) is -1.36. The van der Waals surface area contributed by atoms with Crippen LogP contribution in [0, 0.1) is 10.1 Å². The number of rotatable bonds is 3. The van der Waals surface area contributed by atoms with Gasteiger partial charge in [0.05, 0.1) is 29.1 Å². The predicted octanol–water partition coefficient (Wildman–Crippen LogP) is 0.976. The van der Waals surface area contributed by atoms with E-state index in [9.17, 15) is 24.5 Å². The van der Waals surface area contributed by atoms with Crippen LogP contribution < -0.4 is 16.6 Å². The number of nitro benzene ring substituents is 1. The van der Waals surface area contributed by atoms with Crippen LogP contribution in [-0.4, -0.2) is 28.0 Å². The van der Waals surface area contributed by atoms with Crippen LogP contribution in [-0.2, 0) is 9.53 Å². The molecule has 2 aromatic rings. The molecule has 10 nitrogen and oxygen atoms in total. The van der Waals surface area contributed by atoms with Gasteiger partial charge in [0.15, 0.2) is 0 Å². The molecule has 134 valence electrons. The van der Waals surface area contributed by atoms with Crippen molar-refractivity contribution in [2.75, 3.05) is 12.4 Å². The smallest absolute Gasteiger partial charge is 0.336 e. The molecule has 2 heterocycles. The number of carbonyl (C=O) groups is 1. The van der Waals surface area contributed by atoms with E-state index >= 15 is 0 Å². The van der Waals surface area contributed by atoms with Gasteiger partial charge in [-0.15, -0.1) is 0 Å². The lowest BCUT2D eigenvalue weighted by atomic mass is 9.82. The Kier molecular flexibility index (Phi) is 4.16. The topological polar surface area (TPSA) is 147 Å². The number of H-pyrrole nitrogens is 2. The molecule has 0 unspecified atom stereocenters. The minimum atomic E-state index is -0.861. The number of esters is 1. The molecule has 0 amide bonds. The second kappa shape index (κ2) is 6.31. The maximum atomic E-state index is 12.4. The number of anilines is 1. The molecule has 3 N–H and O–H groups in total. The summed E-state index contributed by atoms with van der Waals surface area (Å²) in [7, 11) is 1.21. The summed E-state index contributed by atoms with van der Waals surface area (Å²) in [4.78, 5) is 51.2. The summed E-state index contributed by atoms with van der Waals surface area (Å²) in [6, 6.07) is 5.47.